The number of carbonyl (C=O) groups excluding carboxylic acids is 4. The van der Waals surface area contributed by atoms with Crippen molar-refractivity contribution in [2.45, 2.75) is 63.5 Å². The van der Waals surface area contributed by atoms with Crippen LogP contribution in [-0.4, -0.2) is 77.2 Å². The molecule has 0 aromatic heterocycles. The smallest absolute Gasteiger partial charge is 0.305 e. The minimum absolute atomic E-state index is 0.201. The lowest BCUT2D eigenvalue weighted by Crippen LogP contribution is -2.68. The number of amides is 3. The van der Waals surface area contributed by atoms with E-state index in [9.17, 15) is 24.0 Å². The number of piperidine rings is 1. The van der Waals surface area contributed by atoms with Crippen molar-refractivity contribution >= 4 is 29.5 Å². The third kappa shape index (κ3) is 8.94. The third-order valence-corrected chi connectivity index (χ3v) is 6.77. The summed E-state index contributed by atoms with van der Waals surface area (Å²) in [6.45, 7) is 3.58. The molecule has 1 aromatic carbocycles. The number of carbonyl (C=O) groups is 5. The first-order valence-corrected chi connectivity index (χ1v) is 12.7. The van der Waals surface area contributed by atoms with Crippen molar-refractivity contribution in [2.24, 2.45) is 17.4 Å². The number of nitrogens with zero attached hydrogens (tertiary/aromatic N) is 1. The molecule has 2 atom stereocenters. The largest absolute Gasteiger partial charge is 0.481 e. The van der Waals surface area contributed by atoms with Crippen LogP contribution in [-0.2, 0) is 30.4 Å². The van der Waals surface area contributed by atoms with Gasteiger partial charge in [-0.2, -0.15) is 0 Å². The van der Waals surface area contributed by atoms with E-state index in [1.54, 1.807) is 37.3 Å². The number of likely N-dealkylation sites (N-methyl/N-ethyl adjacent to an activating group) is 1. The van der Waals surface area contributed by atoms with E-state index in [1.165, 1.54) is 4.90 Å². The highest BCUT2D eigenvalue weighted by Crippen LogP contribution is 2.20. The molecule has 11 nitrogen and oxygen atoms in total. The van der Waals surface area contributed by atoms with Gasteiger partial charge >= 0.3 is 5.97 Å². The maximum atomic E-state index is 13.3. The van der Waals surface area contributed by atoms with Gasteiger partial charge in [0.2, 0.25) is 11.8 Å². The fourth-order valence-corrected chi connectivity index (χ4v) is 4.66. The molecule has 0 unspecified atom stereocenters. The van der Waals surface area contributed by atoms with Crippen LogP contribution in [0.2, 0.25) is 0 Å². The summed E-state index contributed by atoms with van der Waals surface area (Å²) in [5.74, 6) is -3.88. The van der Waals surface area contributed by atoms with E-state index in [4.69, 9.17) is 16.6 Å². The van der Waals surface area contributed by atoms with Crippen LogP contribution >= 0.6 is 0 Å². The molecule has 2 rings (SSSR count). The monoisotopic (exact) mass is 517 g/mol. The topological polar surface area (TPSA) is 185 Å². The highest BCUT2D eigenvalue weighted by molar-refractivity contribution is 6.15. The van der Waals surface area contributed by atoms with Gasteiger partial charge in [0.15, 0.2) is 11.3 Å². The number of benzene rings is 1. The van der Waals surface area contributed by atoms with Crippen LogP contribution in [0.15, 0.2) is 30.3 Å². The van der Waals surface area contributed by atoms with Crippen LogP contribution in [0, 0.1) is 5.92 Å². The van der Waals surface area contributed by atoms with Gasteiger partial charge < -0.3 is 32.1 Å². The average Bonchev–Trinajstić information content (AvgIpc) is 2.87. The second-order valence-corrected chi connectivity index (χ2v) is 9.54. The maximum Gasteiger partial charge on any atom is 0.305 e. The minimum atomic E-state index is -2.27. The van der Waals surface area contributed by atoms with Crippen molar-refractivity contribution < 1.29 is 29.1 Å². The molecule has 1 heterocycles. The summed E-state index contributed by atoms with van der Waals surface area (Å²) in [6.07, 6.45) is 3.06. The standard InChI is InChI=1S/C26H39N5O6/c1-2-31(22(33)10-6-9-18-11-13-29-14-12-18)17-21(32)30-26(25(28)37,16-19-7-4-3-5-8-19)24(36)20(27)15-23(34)35/h3-5,7-8,18,20,29H,2,6,9-17,27H2,1H3,(H2,28,37)(H,30,32)(H,34,35)/t20-,26+/m0/s1. The molecule has 0 spiro atoms. The number of ketones is 1. The molecule has 1 fully saturated rings. The highest BCUT2D eigenvalue weighted by atomic mass is 16.4. The number of nitrogens with one attached hydrogen (secondary N) is 2. The van der Waals surface area contributed by atoms with E-state index in [1.807, 2.05) is 0 Å². The predicted octanol–water partition coefficient (Wildman–Crippen LogP) is -0.0411. The fourth-order valence-electron chi connectivity index (χ4n) is 4.66. The van der Waals surface area contributed by atoms with E-state index in [0.29, 0.717) is 24.3 Å². The van der Waals surface area contributed by atoms with Gasteiger partial charge in [-0.05, 0) is 57.2 Å². The molecule has 0 aliphatic carbocycles. The molecule has 0 saturated carbocycles. The van der Waals surface area contributed by atoms with Crippen molar-refractivity contribution in [2.75, 3.05) is 26.2 Å². The maximum absolute atomic E-state index is 13.3. The zero-order chi connectivity index (χ0) is 27.4. The number of hydrogen-bond acceptors (Lipinski definition) is 7. The molecule has 1 saturated heterocycles. The lowest BCUT2D eigenvalue weighted by Gasteiger charge is -2.33. The Morgan fingerprint density at radius 1 is 1.16 bits per heavy atom. The Labute approximate surface area is 217 Å². The lowest BCUT2D eigenvalue weighted by molar-refractivity contribution is -0.145. The molecule has 7 N–H and O–H groups in total. The molecule has 1 aromatic rings. The van der Waals surface area contributed by atoms with Gasteiger partial charge in [-0.3, -0.25) is 24.0 Å². The first kappa shape index (κ1) is 29.9. The Morgan fingerprint density at radius 3 is 2.38 bits per heavy atom. The van der Waals surface area contributed by atoms with Crippen LogP contribution in [0.1, 0.15) is 51.0 Å². The summed E-state index contributed by atoms with van der Waals surface area (Å²) in [7, 11) is 0. The quantitative estimate of drug-likeness (QED) is 0.201. The van der Waals surface area contributed by atoms with Crippen LogP contribution < -0.4 is 22.1 Å². The first-order chi connectivity index (χ1) is 17.6. The van der Waals surface area contributed by atoms with E-state index < -0.39 is 41.6 Å². The third-order valence-electron chi connectivity index (χ3n) is 6.77. The molecular weight excluding hydrogens is 478 g/mol. The van der Waals surface area contributed by atoms with E-state index >= 15 is 0 Å². The van der Waals surface area contributed by atoms with E-state index in [-0.39, 0.29) is 25.4 Å². The Balaban J connectivity index is 2.14. The Kier molecular flexibility index (Phi) is 11.7. The van der Waals surface area contributed by atoms with Crippen LogP contribution in [0.25, 0.3) is 0 Å². The molecule has 37 heavy (non-hydrogen) atoms. The van der Waals surface area contributed by atoms with Gasteiger partial charge in [0.25, 0.3) is 5.91 Å². The molecular formula is C26H39N5O6. The number of rotatable bonds is 15. The summed E-state index contributed by atoms with van der Waals surface area (Å²) in [6, 6.07) is 6.82. The molecule has 11 heteroatoms. The lowest BCUT2D eigenvalue weighted by atomic mass is 9.81. The zero-order valence-corrected chi connectivity index (χ0v) is 21.4. The van der Waals surface area contributed by atoms with Crippen LogP contribution in [0.3, 0.4) is 0 Å². The van der Waals surface area contributed by atoms with Gasteiger partial charge in [0.1, 0.15) is 0 Å². The first-order valence-electron chi connectivity index (χ1n) is 12.7. The Bertz CT molecular complexity index is 950. The van der Waals surface area contributed by atoms with Crippen LogP contribution in [0.5, 0.6) is 0 Å². The summed E-state index contributed by atoms with van der Waals surface area (Å²) >= 11 is 0. The second kappa shape index (κ2) is 14.4. The SMILES string of the molecule is CCN(CC(=O)N[C@@](Cc1ccccc1)(C(N)=O)C(=O)[C@@H](N)CC(=O)O)C(=O)CCCC1CCNCC1. The number of carboxylic acids is 1. The number of nitrogens with two attached hydrogens (primary N) is 2. The number of Topliss-reactive ketones (excluding diaryl/α,β-unsaturated/α-hetero) is 1. The molecule has 0 radical (unpaired) electrons. The van der Waals surface area contributed by atoms with Gasteiger partial charge in [0.05, 0.1) is 19.0 Å². The average molecular weight is 518 g/mol. The van der Waals surface area contributed by atoms with Crippen LogP contribution in [0.4, 0.5) is 0 Å². The minimum Gasteiger partial charge on any atom is -0.481 e. The van der Waals surface area contributed by atoms with Crippen molar-refractivity contribution in [1.82, 2.24) is 15.5 Å². The number of primary amides is 1. The molecule has 3 amide bonds. The van der Waals surface area contributed by atoms with Gasteiger partial charge in [-0.15, -0.1) is 0 Å². The van der Waals surface area contributed by atoms with E-state index in [2.05, 4.69) is 10.6 Å². The number of carboxylic acid groups (broad SMARTS) is 1. The molecule has 1 aliphatic heterocycles. The summed E-state index contributed by atoms with van der Waals surface area (Å²) in [4.78, 5) is 64.3. The van der Waals surface area contributed by atoms with Crippen molar-refractivity contribution in [3.63, 3.8) is 0 Å². The van der Waals surface area contributed by atoms with Crippen molar-refractivity contribution in [3.8, 4) is 0 Å². The highest BCUT2D eigenvalue weighted by Gasteiger charge is 2.48. The second-order valence-electron chi connectivity index (χ2n) is 9.54. The van der Waals surface area contributed by atoms with E-state index in [0.717, 1.165) is 32.4 Å². The summed E-state index contributed by atoms with van der Waals surface area (Å²) in [5, 5.41) is 14.8. The summed E-state index contributed by atoms with van der Waals surface area (Å²) < 4.78 is 0. The normalized spacial score (nSPS) is 16.3. The molecule has 0 bridgehead atoms. The number of aliphatic carboxylic acids is 1. The Hall–Kier alpha value is -3.31. The Morgan fingerprint density at radius 2 is 1.81 bits per heavy atom. The fraction of sp³-hybridized carbons (Fsp3) is 0.577. The zero-order valence-electron chi connectivity index (χ0n) is 21.4. The van der Waals surface area contributed by atoms with Crippen molar-refractivity contribution in [1.29, 1.82) is 0 Å². The molecule has 1 aliphatic rings. The van der Waals surface area contributed by atoms with Gasteiger partial charge in [-0.25, -0.2) is 0 Å². The summed E-state index contributed by atoms with van der Waals surface area (Å²) in [5.41, 5.74) is 9.68. The van der Waals surface area contributed by atoms with Gasteiger partial charge in [-0.1, -0.05) is 30.3 Å². The number of hydrogen-bond donors (Lipinski definition) is 5. The van der Waals surface area contributed by atoms with Crippen molar-refractivity contribution in [3.05, 3.63) is 35.9 Å². The predicted molar refractivity (Wildman–Crippen MR) is 137 cm³/mol. The molecule has 204 valence electrons. The van der Waals surface area contributed by atoms with Gasteiger partial charge in [0, 0.05) is 19.4 Å².